The number of ether oxygens (including phenoxy) is 1. The van der Waals surface area contributed by atoms with Gasteiger partial charge in [0.2, 0.25) is 0 Å². The van der Waals surface area contributed by atoms with Crippen molar-refractivity contribution in [2.24, 2.45) is 5.10 Å². The predicted octanol–water partition coefficient (Wildman–Crippen LogP) is 4.26. The summed E-state index contributed by atoms with van der Waals surface area (Å²) in [7, 11) is 1.56. The summed E-state index contributed by atoms with van der Waals surface area (Å²) in [5.74, 6) is 0.117. The molecule has 1 amide bonds. The molecule has 2 aliphatic heterocycles. The van der Waals surface area contributed by atoms with Crippen LogP contribution in [0.25, 0.3) is 5.57 Å². The van der Waals surface area contributed by atoms with E-state index in [9.17, 15) is 9.18 Å². The molecule has 142 valence electrons. The van der Waals surface area contributed by atoms with Crippen molar-refractivity contribution in [3.8, 4) is 5.75 Å². The summed E-state index contributed by atoms with van der Waals surface area (Å²) in [4.78, 5) is 13.4. The highest BCUT2D eigenvalue weighted by Crippen LogP contribution is 2.35. The quantitative estimate of drug-likeness (QED) is 0.813. The number of carbonyl (C=O) groups is 1. The summed E-state index contributed by atoms with van der Waals surface area (Å²) < 4.78 is 18.3. The fourth-order valence-electron chi connectivity index (χ4n) is 2.89. The van der Waals surface area contributed by atoms with Gasteiger partial charge in [-0.25, -0.2) is 9.40 Å². The molecule has 0 saturated heterocycles. The first-order valence-electron chi connectivity index (χ1n) is 8.39. The van der Waals surface area contributed by atoms with Gasteiger partial charge >= 0.3 is 0 Å². The van der Waals surface area contributed by atoms with E-state index in [1.165, 1.54) is 23.9 Å². The second-order valence-electron chi connectivity index (χ2n) is 6.00. The van der Waals surface area contributed by atoms with Crippen LogP contribution in [0.2, 0.25) is 5.02 Å². The lowest BCUT2D eigenvalue weighted by molar-refractivity contribution is -0.116. The highest BCUT2D eigenvalue weighted by Gasteiger charge is 2.29. The van der Waals surface area contributed by atoms with Gasteiger partial charge in [0, 0.05) is 10.5 Å². The minimum absolute atomic E-state index is 0.215. The summed E-state index contributed by atoms with van der Waals surface area (Å²) >= 11 is 7.79. The highest BCUT2D eigenvalue weighted by molar-refractivity contribution is 8.14. The summed E-state index contributed by atoms with van der Waals surface area (Å²) in [6.45, 7) is 0.253. The van der Waals surface area contributed by atoms with Gasteiger partial charge in [-0.1, -0.05) is 23.4 Å². The third-order valence-corrected chi connectivity index (χ3v) is 5.48. The number of hydrogen-bond donors (Lipinski definition) is 1. The number of allylic oxidation sites excluding steroid dienone is 1. The van der Waals surface area contributed by atoms with Crippen molar-refractivity contribution in [3.63, 3.8) is 0 Å². The zero-order valence-electron chi connectivity index (χ0n) is 14.8. The van der Waals surface area contributed by atoms with Gasteiger partial charge in [-0.2, -0.15) is 5.10 Å². The molecule has 1 N–H and O–H groups in total. The summed E-state index contributed by atoms with van der Waals surface area (Å²) in [6, 6.07) is 11.4. The van der Waals surface area contributed by atoms with Crippen LogP contribution in [0.1, 0.15) is 5.56 Å². The molecule has 28 heavy (non-hydrogen) atoms. The van der Waals surface area contributed by atoms with E-state index in [1.54, 1.807) is 42.5 Å². The van der Waals surface area contributed by atoms with E-state index in [4.69, 9.17) is 16.3 Å². The van der Waals surface area contributed by atoms with Gasteiger partial charge in [-0.3, -0.25) is 4.79 Å². The van der Waals surface area contributed by atoms with E-state index in [1.807, 2.05) is 12.2 Å². The van der Waals surface area contributed by atoms with Gasteiger partial charge in [0.25, 0.3) is 5.91 Å². The predicted molar refractivity (Wildman–Crippen MR) is 109 cm³/mol. The van der Waals surface area contributed by atoms with Gasteiger partial charge in [0.1, 0.15) is 23.3 Å². The minimum Gasteiger partial charge on any atom is -0.497 e. The Labute approximate surface area is 170 Å². The number of hydrogen-bond acceptors (Lipinski definition) is 5. The van der Waals surface area contributed by atoms with E-state index in [-0.39, 0.29) is 18.4 Å². The SMILES string of the molecule is COc1ccc(C2=C3C=CC(Sc4ccc(F)cc4)=NN3CNC2=O)c(Cl)c1. The van der Waals surface area contributed by atoms with E-state index in [2.05, 4.69) is 10.4 Å². The number of hydrazone groups is 1. The third-order valence-electron chi connectivity index (χ3n) is 4.24. The molecule has 2 aromatic carbocycles. The van der Waals surface area contributed by atoms with Crippen LogP contribution in [0.3, 0.4) is 0 Å². The number of benzene rings is 2. The average Bonchev–Trinajstić information content (AvgIpc) is 2.70. The Kier molecular flexibility index (Phi) is 5.11. The van der Waals surface area contributed by atoms with Gasteiger partial charge < -0.3 is 10.1 Å². The number of thioether (sulfide) groups is 1. The van der Waals surface area contributed by atoms with Crippen molar-refractivity contribution < 1.29 is 13.9 Å². The Morgan fingerprint density at radius 3 is 2.71 bits per heavy atom. The van der Waals surface area contributed by atoms with Crippen molar-refractivity contribution in [1.82, 2.24) is 10.3 Å². The molecule has 4 rings (SSSR count). The first-order valence-corrected chi connectivity index (χ1v) is 9.58. The molecule has 2 heterocycles. The van der Waals surface area contributed by atoms with Crippen LogP contribution in [0.4, 0.5) is 4.39 Å². The molecule has 2 aromatic rings. The Morgan fingerprint density at radius 1 is 1.21 bits per heavy atom. The number of carbonyl (C=O) groups excluding carboxylic acids is 1. The van der Waals surface area contributed by atoms with Gasteiger partial charge in [0.15, 0.2) is 0 Å². The summed E-state index contributed by atoms with van der Waals surface area (Å²) in [5, 5.41) is 10.3. The molecule has 0 radical (unpaired) electrons. The number of amides is 1. The van der Waals surface area contributed by atoms with E-state index < -0.39 is 0 Å². The van der Waals surface area contributed by atoms with Crippen molar-refractivity contribution in [2.75, 3.05) is 13.8 Å². The van der Waals surface area contributed by atoms with Gasteiger partial charge in [-0.05, 0) is 54.6 Å². The van der Waals surface area contributed by atoms with Crippen LogP contribution < -0.4 is 10.1 Å². The minimum atomic E-state index is -0.282. The number of rotatable bonds is 3. The lowest BCUT2D eigenvalue weighted by atomic mass is 10.00. The van der Waals surface area contributed by atoms with E-state index >= 15 is 0 Å². The van der Waals surface area contributed by atoms with Crippen molar-refractivity contribution >= 4 is 39.9 Å². The Morgan fingerprint density at radius 2 is 2.00 bits per heavy atom. The smallest absolute Gasteiger partial charge is 0.255 e. The molecule has 8 heteroatoms. The molecular weight excluding hydrogens is 401 g/mol. The summed E-state index contributed by atoms with van der Waals surface area (Å²) in [5.41, 5.74) is 1.72. The second-order valence-corrected chi connectivity index (χ2v) is 7.50. The van der Waals surface area contributed by atoms with Crippen molar-refractivity contribution in [3.05, 3.63) is 76.7 Å². The molecule has 0 aromatic heterocycles. The van der Waals surface area contributed by atoms with Gasteiger partial charge in [-0.15, -0.1) is 0 Å². The molecule has 0 fully saturated rings. The lowest BCUT2D eigenvalue weighted by Crippen LogP contribution is -2.41. The van der Waals surface area contributed by atoms with Crippen LogP contribution in [0.15, 0.2) is 70.3 Å². The topological polar surface area (TPSA) is 53.9 Å². The number of nitrogens with zero attached hydrogens (tertiary/aromatic N) is 2. The highest BCUT2D eigenvalue weighted by atomic mass is 35.5. The normalized spacial score (nSPS) is 15.9. The number of halogens is 2. The monoisotopic (exact) mass is 415 g/mol. The molecule has 0 spiro atoms. The molecular formula is C20H15ClFN3O2S. The molecule has 0 unspecified atom stereocenters. The maximum absolute atomic E-state index is 13.1. The fourth-order valence-corrected chi connectivity index (χ4v) is 3.94. The number of fused-ring (bicyclic) bond motifs is 1. The van der Waals surface area contributed by atoms with Crippen LogP contribution in [0, 0.1) is 5.82 Å². The van der Waals surface area contributed by atoms with Crippen LogP contribution in [-0.4, -0.2) is 29.7 Å². The molecule has 0 bridgehead atoms. The first kappa shape index (κ1) is 18.6. The maximum Gasteiger partial charge on any atom is 0.255 e. The van der Waals surface area contributed by atoms with E-state index in [0.717, 1.165) is 9.94 Å². The number of nitrogens with one attached hydrogen (secondary N) is 1. The summed E-state index contributed by atoms with van der Waals surface area (Å²) in [6.07, 6.45) is 3.67. The lowest BCUT2D eigenvalue weighted by Gasteiger charge is -2.31. The van der Waals surface area contributed by atoms with Crippen LogP contribution in [0.5, 0.6) is 5.75 Å². The van der Waals surface area contributed by atoms with Crippen LogP contribution >= 0.6 is 23.4 Å². The maximum atomic E-state index is 13.1. The molecule has 0 saturated carbocycles. The van der Waals surface area contributed by atoms with E-state index in [0.29, 0.717) is 27.6 Å². The van der Waals surface area contributed by atoms with Crippen LogP contribution in [-0.2, 0) is 4.79 Å². The molecule has 0 aliphatic carbocycles. The first-order chi connectivity index (χ1) is 13.5. The molecule has 2 aliphatic rings. The Hall–Kier alpha value is -2.77. The van der Waals surface area contributed by atoms with Crippen molar-refractivity contribution in [2.45, 2.75) is 4.90 Å². The zero-order valence-corrected chi connectivity index (χ0v) is 16.4. The van der Waals surface area contributed by atoms with Crippen molar-refractivity contribution in [1.29, 1.82) is 0 Å². The average molecular weight is 416 g/mol. The Balaban J connectivity index is 1.67. The molecule has 0 atom stereocenters. The zero-order chi connectivity index (χ0) is 19.7. The Bertz CT molecular complexity index is 1030. The fraction of sp³-hybridized carbons (Fsp3) is 0.100. The van der Waals surface area contributed by atoms with Gasteiger partial charge in [0.05, 0.1) is 23.4 Å². The number of methoxy groups -OCH3 is 1. The standard InChI is InChI=1S/C20H15ClFN3O2S/c1-27-13-4-7-15(16(21)10-13)19-17-8-9-18(24-25(17)11-23-20(19)26)28-14-5-2-12(22)3-6-14/h2-10H,11H2,1H3,(H,23,26). The second kappa shape index (κ2) is 7.69. The molecule has 5 nitrogen and oxygen atoms in total. The third kappa shape index (κ3) is 3.63. The largest absolute Gasteiger partial charge is 0.497 e.